The van der Waals surface area contributed by atoms with E-state index >= 15 is 0 Å². The summed E-state index contributed by atoms with van der Waals surface area (Å²) in [6.07, 6.45) is 3.10. The predicted octanol–water partition coefficient (Wildman–Crippen LogP) is -0.719. The first-order valence-electron chi connectivity index (χ1n) is 4.66. The van der Waals surface area contributed by atoms with Crippen LogP contribution in [0.4, 0.5) is 0 Å². The molecule has 0 unspecified atom stereocenters. The zero-order valence-electron chi connectivity index (χ0n) is 7.85. The van der Waals surface area contributed by atoms with E-state index in [-0.39, 0.29) is 6.61 Å². The van der Waals surface area contributed by atoms with Crippen LogP contribution >= 0.6 is 0 Å². The molecule has 0 saturated carbocycles. The van der Waals surface area contributed by atoms with E-state index in [1.807, 2.05) is 0 Å². The van der Waals surface area contributed by atoms with Gasteiger partial charge in [0.25, 0.3) is 0 Å². The summed E-state index contributed by atoms with van der Waals surface area (Å²) in [5, 5.41) is 22.6. The van der Waals surface area contributed by atoms with Crippen LogP contribution in [0.25, 0.3) is 5.57 Å². The van der Waals surface area contributed by atoms with Gasteiger partial charge in [-0.3, -0.25) is 4.90 Å². The highest BCUT2D eigenvalue weighted by Crippen LogP contribution is 2.15. The van der Waals surface area contributed by atoms with E-state index in [4.69, 9.17) is 5.11 Å². The second kappa shape index (κ2) is 4.30. The summed E-state index contributed by atoms with van der Waals surface area (Å²) in [7, 11) is 0. The van der Waals surface area contributed by atoms with Crippen molar-refractivity contribution in [2.24, 2.45) is 0 Å². The fourth-order valence-electron chi connectivity index (χ4n) is 1.60. The van der Waals surface area contributed by atoms with Gasteiger partial charge in [0, 0.05) is 25.2 Å². The van der Waals surface area contributed by atoms with Gasteiger partial charge in [-0.2, -0.15) is 5.21 Å². The molecule has 0 atom stereocenters. The molecule has 0 amide bonds. The van der Waals surface area contributed by atoms with Gasteiger partial charge >= 0.3 is 0 Å². The summed E-state index contributed by atoms with van der Waals surface area (Å²) >= 11 is 0. The lowest BCUT2D eigenvalue weighted by atomic mass is 10.1. The number of aliphatic hydroxyl groups excluding tert-OH is 1. The maximum atomic E-state index is 8.82. The number of rotatable bonds is 3. The van der Waals surface area contributed by atoms with E-state index in [9.17, 15) is 0 Å². The lowest BCUT2D eigenvalue weighted by Gasteiger charge is -2.24. The third-order valence-electron chi connectivity index (χ3n) is 2.28. The average Bonchev–Trinajstić information content (AvgIpc) is 2.71. The lowest BCUT2D eigenvalue weighted by Crippen LogP contribution is -2.32. The van der Waals surface area contributed by atoms with Crippen LogP contribution in [0.15, 0.2) is 6.08 Å². The molecule has 0 radical (unpaired) electrons. The van der Waals surface area contributed by atoms with Gasteiger partial charge in [0.15, 0.2) is 0 Å². The highest BCUT2D eigenvalue weighted by atomic mass is 16.3. The molecular weight excluding hydrogens is 182 g/mol. The van der Waals surface area contributed by atoms with E-state index in [1.165, 1.54) is 0 Å². The summed E-state index contributed by atoms with van der Waals surface area (Å²) in [5.74, 6) is 0.660. The standard InChI is InChI=1S/C8H13N5O/c14-5-4-13-3-1-2-7(6-13)8-9-11-12-10-8/h2,14H,1,3-6H2,(H,9,10,11,12). The van der Waals surface area contributed by atoms with E-state index in [2.05, 4.69) is 31.6 Å². The molecular formula is C8H13N5O. The minimum Gasteiger partial charge on any atom is -0.395 e. The van der Waals surface area contributed by atoms with Crippen molar-refractivity contribution >= 4 is 5.57 Å². The molecule has 1 aliphatic rings. The molecule has 6 heteroatoms. The Morgan fingerprint density at radius 1 is 1.57 bits per heavy atom. The van der Waals surface area contributed by atoms with Crippen molar-refractivity contribution in [1.82, 2.24) is 25.5 Å². The van der Waals surface area contributed by atoms with Crippen LogP contribution in [0.3, 0.4) is 0 Å². The van der Waals surface area contributed by atoms with Crippen molar-refractivity contribution in [3.8, 4) is 0 Å². The molecule has 1 aromatic heterocycles. The molecule has 1 aromatic rings. The zero-order chi connectivity index (χ0) is 9.80. The number of hydrogen-bond acceptors (Lipinski definition) is 5. The summed E-state index contributed by atoms with van der Waals surface area (Å²) in [6.45, 7) is 2.68. The normalized spacial score (nSPS) is 18.2. The molecule has 2 heterocycles. The van der Waals surface area contributed by atoms with Crippen LogP contribution in [-0.2, 0) is 0 Å². The van der Waals surface area contributed by atoms with Crippen molar-refractivity contribution in [3.63, 3.8) is 0 Å². The van der Waals surface area contributed by atoms with Crippen molar-refractivity contribution < 1.29 is 5.11 Å². The van der Waals surface area contributed by atoms with Crippen molar-refractivity contribution in [3.05, 3.63) is 11.9 Å². The van der Waals surface area contributed by atoms with Crippen LogP contribution in [0.1, 0.15) is 12.2 Å². The predicted molar refractivity (Wildman–Crippen MR) is 50.3 cm³/mol. The van der Waals surface area contributed by atoms with Crippen LogP contribution in [0, 0.1) is 0 Å². The number of aliphatic hydroxyl groups is 1. The SMILES string of the molecule is OCCN1CCC=C(c2nn[nH]n2)C1. The fourth-order valence-corrected chi connectivity index (χ4v) is 1.60. The van der Waals surface area contributed by atoms with Crippen molar-refractivity contribution in [2.75, 3.05) is 26.2 Å². The van der Waals surface area contributed by atoms with Crippen LogP contribution in [0.2, 0.25) is 0 Å². The third-order valence-corrected chi connectivity index (χ3v) is 2.28. The Kier molecular flexibility index (Phi) is 2.85. The third kappa shape index (κ3) is 1.97. The molecule has 0 bridgehead atoms. The maximum Gasteiger partial charge on any atom is 0.201 e. The van der Waals surface area contributed by atoms with E-state index in [0.29, 0.717) is 12.4 Å². The monoisotopic (exact) mass is 195 g/mol. The van der Waals surface area contributed by atoms with Gasteiger partial charge in [0.05, 0.1) is 6.61 Å². The molecule has 1 aliphatic heterocycles. The zero-order valence-corrected chi connectivity index (χ0v) is 7.85. The number of H-pyrrole nitrogens is 1. The Morgan fingerprint density at radius 3 is 3.21 bits per heavy atom. The molecule has 6 nitrogen and oxygen atoms in total. The molecule has 0 spiro atoms. The van der Waals surface area contributed by atoms with Gasteiger partial charge in [-0.05, 0) is 11.6 Å². The number of aromatic nitrogens is 4. The van der Waals surface area contributed by atoms with Gasteiger partial charge in [0.2, 0.25) is 5.82 Å². The molecule has 0 saturated heterocycles. The first kappa shape index (κ1) is 9.29. The summed E-state index contributed by atoms with van der Waals surface area (Å²) in [4.78, 5) is 2.17. The van der Waals surface area contributed by atoms with Crippen LogP contribution in [0.5, 0.6) is 0 Å². The summed E-state index contributed by atoms with van der Waals surface area (Å²) in [6, 6.07) is 0. The number of nitrogens with zero attached hydrogens (tertiary/aromatic N) is 4. The maximum absolute atomic E-state index is 8.82. The molecule has 0 aliphatic carbocycles. The lowest BCUT2D eigenvalue weighted by molar-refractivity contribution is 0.209. The van der Waals surface area contributed by atoms with E-state index in [1.54, 1.807) is 0 Å². The summed E-state index contributed by atoms with van der Waals surface area (Å²) in [5.41, 5.74) is 1.08. The Morgan fingerprint density at radius 2 is 2.50 bits per heavy atom. The highest BCUT2D eigenvalue weighted by molar-refractivity contribution is 5.61. The Hall–Kier alpha value is -1.27. The van der Waals surface area contributed by atoms with E-state index in [0.717, 1.165) is 25.1 Å². The number of tetrazole rings is 1. The number of β-amino-alcohol motifs (C(OH)–C–C–N with tert-alkyl or cyclic N) is 1. The largest absolute Gasteiger partial charge is 0.395 e. The number of aromatic amines is 1. The van der Waals surface area contributed by atoms with Crippen LogP contribution in [-0.4, -0.2) is 56.9 Å². The fraction of sp³-hybridized carbons (Fsp3) is 0.625. The average molecular weight is 195 g/mol. The quantitative estimate of drug-likeness (QED) is 0.665. The molecule has 0 aromatic carbocycles. The Bertz CT molecular complexity index is 308. The Balaban J connectivity index is 2.03. The highest BCUT2D eigenvalue weighted by Gasteiger charge is 2.15. The second-order valence-electron chi connectivity index (χ2n) is 3.25. The molecule has 2 N–H and O–H groups in total. The van der Waals surface area contributed by atoms with Crippen molar-refractivity contribution in [1.29, 1.82) is 0 Å². The second-order valence-corrected chi connectivity index (χ2v) is 3.25. The first-order chi connectivity index (χ1) is 6.90. The topological polar surface area (TPSA) is 77.9 Å². The van der Waals surface area contributed by atoms with Crippen molar-refractivity contribution in [2.45, 2.75) is 6.42 Å². The van der Waals surface area contributed by atoms with Crippen LogP contribution < -0.4 is 0 Å². The minimum absolute atomic E-state index is 0.194. The molecule has 0 fully saturated rings. The molecule has 2 rings (SSSR count). The number of hydrogen-bond donors (Lipinski definition) is 2. The minimum atomic E-state index is 0.194. The Labute approximate surface area is 81.6 Å². The summed E-state index contributed by atoms with van der Waals surface area (Å²) < 4.78 is 0. The van der Waals surface area contributed by atoms with E-state index < -0.39 is 0 Å². The molecule has 76 valence electrons. The van der Waals surface area contributed by atoms with Gasteiger partial charge in [-0.15, -0.1) is 10.2 Å². The van der Waals surface area contributed by atoms with Gasteiger partial charge in [0.1, 0.15) is 0 Å². The van der Waals surface area contributed by atoms with Gasteiger partial charge in [-0.1, -0.05) is 6.08 Å². The molecule has 14 heavy (non-hydrogen) atoms. The smallest absolute Gasteiger partial charge is 0.201 e. The van der Waals surface area contributed by atoms with Gasteiger partial charge in [-0.25, -0.2) is 0 Å². The number of nitrogens with one attached hydrogen (secondary N) is 1. The first-order valence-corrected chi connectivity index (χ1v) is 4.66. The van der Waals surface area contributed by atoms with Gasteiger partial charge < -0.3 is 5.11 Å².